The molecule has 2 rings (SSSR count). The van der Waals surface area contributed by atoms with Crippen molar-refractivity contribution in [3.8, 4) is 6.07 Å². The van der Waals surface area contributed by atoms with Crippen LogP contribution in [-0.4, -0.2) is 5.91 Å². The molecular weight excluding hydrogens is 244 g/mol. The Balaban J connectivity index is 2.10. The van der Waals surface area contributed by atoms with Crippen molar-refractivity contribution in [2.45, 2.75) is 13.0 Å². The summed E-state index contributed by atoms with van der Waals surface area (Å²) >= 11 is 1.41. The summed E-state index contributed by atoms with van der Waals surface area (Å²) in [5.74, 6) is -0.0835. The number of nitrogens with one attached hydrogen (secondary N) is 1. The molecule has 1 atom stereocenters. The lowest BCUT2D eigenvalue weighted by molar-refractivity contribution is 0.0944. The molecule has 0 fully saturated rings. The molecule has 0 aliphatic rings. The van der Waals surface area contributed by atoms with E-state index in [4.69, 9.17) is 5.26 Å². The first-order chi connectivity index (χ1) is 8.70. The Hall–Kier alpha value is -2.12. The van der Waals surface area contributed by atoms with E-state index in [0.717, 1.165) is 5.56 Å². The molecule has 1 heterocycles. The fourth-order valence-electron chi connectivity index (χ4n) is 1.64. The van der Waals surface area contributed by atoms with Crippen LogP contribution < -0.4 is 5.32 Å². The van der Waals surface area contributed by atoms with Gasteiger partial charge in [-0.1, -0.05) is 18.2 Å². The van der Waals surface area contributed by atoms with Gasteiger partial charge in [0.1, 0.15) is 0 Å². The van der Waals surface area contributed by atoms with Crippen molar-refractivity contribution >= 4 is 17.2 Å². The van der Waals surface area contributed by atoms with Crippen LogP contribution in [0.5, 0.6) is 0 Å². The van der Waals surface area contributed by atoms with E-state index >= 15 is 0 Å². The molecule has 90 valence electrons. The topological polar surface area (TPSA) is 52.9 Å². The Morgan fingerprint density at radius 2 is 2.22 bits per heavy atom. The summed E-state index contributed by atoms with van der Waals surface area (Å²) in [6, 6.07) is 12.9. The van der Waals surface area contributed by atoms with E-state index in [0.29, 0.717) is 10.4 Å². The lowest BCUT2D eigenvalue weighted by atomic mass is 10.1. The smallest absolute Gasteiger partial charge is 0.261 e. The van der Waals surface area contributed by atoms with E-state index in [1.165, 1.54) is 11.3 Å². The van der Waals surface area contributed by atoms with Crippen LogP contribution in [0.25, 0.3) is 0 Å². The van der Waals surface area contributed by atoms with E-state index in [2.05, 4.69) is 11.4 Å². The third-order valence-electron chi connectivity index (χ3n) is 2.61. The molecule has 18 heavy (non-hydrogen) atoms. The van der Waals surface area contributed by atoms with Gasteiger partial charge in [-0.25, -0.2) is 0 Å². The van der Waals surface area contributed by atoms with Crippen LogP contribution >= 0.6 is 11.3 Å². The second kappa shape index (κ2) is 5.48. The Morgan fingerprint density at radius 1 is 1.39 bits per heavy atom. The van der Waals surface area contributed by atoms with Gasteiger partial charge in [-0.2, -0.15) is 5.26 Å². The number of hydrogen-bond donors (Lipinski definition) is 1. The normalized spacial score (nSPS) is 11.6. The third kappa shape index (κ3) is 2.76. The van der Waals surface area contributed by atoms with Crippen LogP contribution in [0.1, 0.15) is 33.8 Å². The standard InChI is InChI=1S/C14H12N2OS/c1-10(12-5-2-4-11(8-12)9-15)16-14(17)13-6-3-7-18-13/h2-8,10H,1H3,(H,16,17)/t10-/m0/s1. The molecule has 1 amide bonds. The highest BCUT2D eigenvalue weighted by atomic mass is 32.1. The molecule has 0 spiro atoms. The molecule has 2 aromatic rings. The van der Waals surface area contributed by atoms with E-state index in [1.807, 2.05) is 30.5 Å². The number of nitrogens with zero attached hydrogens (tertiary/aromatic N) is 1. The van der Waals surface area contributed by atoms with Gasteiger partial charge in [0.25, 0.3) is 5.91 Å². The molecular formula is C14H12N2OS. The number of hydrogen-bond acceptors (Lipinski definition) is 3. The second-order valence-electron chi connectivity index (χ2n) is 3.91. The minimum atomic E-state index is -0.118. The number of thiophene rings is 1. The van der Waals surface area contributed by atoms with Gasteiger partial charge in [-0.05, 0) is 36.1 Å². The van der Waals surface area contributed by atoms with E-state index in [-0.39, 0.29) is 11.9 Å². The molecule has 1 aromatic heterocycles. The summed E-state index contributed by atoms with van der Waals surface area (Å²) in [6.07, 6.45) is 0. The zero-order chi connectivity index (χ0) is 13.0. The van der Waals surface area contributed by atoms with Gasteiger partial charge in [0.2, 0.25) is 0 Å². The first kappa shape index (κ1) is 12.3. The predicted octanol–water partition coefficient (Wildman–Crippen LogP) is 3.11. The van der Waals surface area contributed by atoms with Crippen molar-refractivity contribution in [2.24, 2.45) is 0 Å². The average Bonchev–Trinajstić information content (AvgIpc) is 2.92. The number of nitriles is 1. The first-order valence-electron chi connectivity index (χ1n) is 5.55. The summed E-state index contributed by atoms with van der Waals surface area (Å²) < 4.78 is 0. The van der Waals surface area contributed by atoms with Crippen molar-refractivity contribution < 1.29 is 4.79 Å². The van der Waals surface area contributed by atoms with E-state index in [1.54, 1.807) is 18.2 Å². The van der Waals surface area contributed by atoms with Crippen LogP contribution in [0.15, 0.2) is 41.8 Å². The highest BCUT2D eigenvalue weighted by molar-refractivity contribution is 7.12. The van der Waals surface area contributed by atoms with Gasteiger partial charge < -0.3 is 5.32 Å². The SMILES string of the molecule is C[C@H](NC(=O)c1cccs1)c1cccc(C#N)c1. The summed E-state index contributed by atoms with van der Waals surface area (Å²) in [5.41, 5.74) is 1.53. The largest absolute Gasteiger partial charge is 0.345 e. The zero-order valence-corrected chi connectivity index (χ0v) is 10.7. The van der Waals surface area contributed by atoms with E-state index in [9.17, 15) is 4.79 Å². The third-order valence-corrected chi connectivity index (χ3v) is 3.48. The summed E-state index contributed by atoms with van der Waals surface area (Å²) in [5, 5.41) is 13.6. The number of carbonyl (C=O) groups is 1. The van der Waals surface area contributed by atoms with Crippen LogP contribution in [0.3, 0.4) is 0 Å². The number of benzene rings is 1. The van der Waals surface area contributed by atoms with Gasteiger partial charge in [0.15, 0.2) is 0 Å². The summed E-state index contributed by atoms with van der Waals surface area (Å²) in [7, 11) is 0. The first-order valence-corrected chi connectivity index (χ1v) is 6.43. The van der Waals surface area contributed by atoms with Crippen molar-refractivity contribution in [1.82, 2.24) is 5.32 Å². The maximum absolute atomic E-state index is 11.9. The lowest BCUT2D eigenvalue weighted by Gasteiger charge is -2.13. The van der Waals surface area contributed by atoms with Crippen molar-refractivity contribution in [3.05, 3.63) is 57.8 Å². The Morgan fingerprint density at radius 3 is 2.89 bits per heavy atom. The van der Waals surface area contributed by atoms with E-state index < -0.39 is 0 Å². The van der Waals surface area contributed by atoms with Crippen molar-refractivity contribution in [2.75, 3.05) is 0 Å². The van der Waals surface area contributed by atoms with Gasteiger partial charge >= 0.3 is 0 Å². The average molecular weight is 256 g/mol. The monoisotopic (exact) mass is 256 g/mol. The Kier molecular flexibility index (Phi) is 3.75. The molecule has 1 aromatic carbocycles. The fraction of sp³-hybridized carbons (Fsp3) is 0.143. The van der Waals surface area contributed by atoms with Crippen LogP contribution in [0.2, 0.25) is 0 Å². The molecule has 0 unspecified atom stereocenters. The van der Waals surface area contributed by atoms with Gasteiger partial charge in [0.05, 0.1) is 22.6 Å². The molecule has 1 N–H and O–H groups in total. The van der Waals surface area contributed by atoms with Crippen molar-refractivity contribution in [3.63, 3.8) is 0 Å². The molecule has 0 saturated carbocycles. The van der Waals surface area contributed by atoms with Crippen molar-refractivity contribution in [1.29, 1.82) is 5.26 Å². The predicted molar refractivity (Wildman–Crippen MR) is 71.4 cm³/mol. The maximum Gasteiger partial charge on any atom is 0.261 e. The molecule has 0 saturated heterocycles. The number of amides is 1. The summed E-state index contributed by atoms with van der Waals surface area (Å²) in [6.45, 7) is 1.90. The Labute approximate surface area is 110 Å². The maximum atomic E-state index is 11.9. The highest BCUT2D eigenvalue weighted by Crippen LogP contribution is 2.16. The second-order valence-corrected chi connectivity index (χ2v) is 4.86. The van der Waals surface area contributed by atoms with Gasteiger partial charge in [0, 0.05) is 0 Å². The minimum absolute atomic E-state index is 0.0835. The van der Waals surface area contributed by atoms with Crippen LogP contribution in [0.4, 0.5) is 0 Å². The van der Waals surface area contributed by atoms with Crippen LogP contribution in [-0.2, 0) is 0 Å². The number of rotatable bonds is 3. The minimum Gasteiger partial charge on any atom is -0.345 e. The van der Waals surface area contributed by atoms with Gasteiger partial charge in [-0.15, -0.1) is 11.3 Å². The zero-order valence-electron chi connectivity index (χ0n) is 9.88. The van der Waals surface area contributed by atoms with Gasteiger partial charge in [-0.3, -0.25) is 4.79 Å². The Bertz CT molecular complexity index is 584. The molecule has 0 radical (unpaired) electrons. The molecule has 3 nitrogen and oxygen atoms in total. The fourth-order valence-corrected chi connectivity index (χ4v) is 2.26. The quantitative estimate of drug-likeness (QED) is 0.917. The highest BCUT2D eigenvalue weighted by Gasteiger charge is 2.12. The molecule has 0 aliphatic heterocycles. The molecule has 0 aliphatic carbocycles. The summed E-state index contributed by atoms with van der Waals surface area (Å²) in [4.78, 5) is 12.6. The van der Waals surface area contributed by atoms with Crippen LogP contribution in [0, 0.1) is 11.3 Å². The number of carbonyl (C=O) groups excluding carboxylic acids is 1. The molecule has 4 heteroatoms. The lowest BCUT2D eigenvalue weighted by Crippen LogP contribution is -2.25. The molecule has 0 bridgehead atoms.